The van der Waals surface area contributed by atoms with Crippen molar-refractivity contribution in [3.05, 3.63) is 17.8 Å². The number of rotatable bonds is 6. The van der Waals surface area contributed by atoms with Crippen LogP contribution in [0.25, 0.3) is 0 Å². The summed E-state index contributed by atoms with van der Waals surface area (Å²) in [6.07, 6.45) is 0. The highest BCUT2D eigenvalue weighted by Crippen LogP contribution is 2.13. The summed E-state index contributed by atoms with van der Waals surface area (Å²) in [4.78, 5) is 4.87. The zero-order valence-electron chi connectivity index (χ0n) is 13.0. The Hall–Kier alpha value is -1.20. The molecule has 1 N–H and O–H groups in total. The van der Waals surface area contributed by atoms with Gasteiger partial charge in [-0.15, -0.1) is 5.10 Å². The summed E-state index contributed by atoms with van der Waals surface area (Å²) in [7, 11) is 0. The second-order valence-electron chi connectivity index (χ2n) is 5.84. The fourth-order valence-electron chi connectivity index (χ4n) is 2.54. The van der Waals surface area contributed by atoms with Crippen molar-refractivity contribution in [1.82, 2.24) is 20.4 Å². The minimum atomic E-state index is 0.742. The van der Waals surface area contributed by atoms with Gasteiger partial charge in [-0.3, -0.25) is 4.90 Å². The second kappa shape index (κ2) is 7.55. The summed E-state index contributed by atoms with van der Waals surface area (Å²) in [6, 6.07) is 4.17. The number of aromatic nitrogens is 2. The molecule has 2 heterocycles. The molecule has 1 aromatic rings. The molecule has 1 saturated heterocycles. The zero-order valence-corrected chi connectivity index (χ0v) is 13.0. The molecule has 20 heavy (non-hydrogen) atoms. The summed E-state index contributed by atoms with van der Waals surface area (Å²) in [5.74, 6) is 1.75. The highest BCUT2D eigenvalue weighted by molar-refractivity contribution is 5.37. The number of piperazine rings is 1. The van der Waals surface area contributed by atoms with Gasteiger partial charge in [-0.05, 0) is 24.6 Å². The van der Waals surface area contributed by atoms with Crippen molar-refractivity contribution < 1.29 is 0 Å². The molecule has 1 fully saturated rings. The molecule has 0 atom stereocenters. The molecule has 112 valence electrons. The first kappa shape index (κ1) is 15.2. The Kier molecular flexibility index (Phi) is 5.73. The van der Waals surface area contributed by atoms with Gasteiger partial charge in [-0.2, -0.15) is 5.10 Å². The van der Waals surface area contributed by atoms with Crippen LogP contribution in [0.4, 0.5) is 5.82 Å². The maximum absolute atomic E-state index is 4.36. The van der Waals surface area contributed by atoms with Crippen molar-refractivity contribution in [3.8, 4) is 0 Å². The van der Waals surface area contributed by atoms with Crippen molar-refractivity contribution in [3.63, 3.8) is 0 Å². The molecular formula is C15H27N5. The van der Waals surface area contributed by atoms with Gasteiger partial charge in [-0.25, -0.2) is 0 Å². The SMILES string of the molecule is CCNCc1ccc(N2CCN(CC(C)C)CC2)nn1. The lowest BCUT2D eigenvalue weighted by atomic mass is 10.2. The van der Waals surface area contributed by atoms with Gasteiger partial charge >= 0.3 is 0 Å². The predicted octanol–water partition coefficient (Wildman–Crippen LogP) is 1.36. The average Bonchev–Trinajstić information content (AvgIpc) is 2.46. The monoisotopic (exact) mass is 277 g/mol. The van der Waals surface area contributed by atoms with Gasteiger partial charge in [0.05, 0.1) is 5.69 Å². The predicted molar refractivity (Wildman–Crippen MR) is 82.9 cm³/mol. The number of nitrogens with zero attached hydrogens (tertiary/aromatic N) is 4. The lowest BCUT2D eigenvalue weighted by molar-refractivity contribution is 0.231. The molecule has 5 heteroatoms. The Morgan fingerprint density at radius 2 is 1.90 bits per heavy atom. The Bertz CT molecular complexity index is 382. The van der Waals surface area contributed by atoms with E-state index in [-0.39, 0.29) is 0 Å². The molecule has 2 rings (SSSR count). The van der Waals surface area contributed by atoms with Crippen molar-refractivity contribution in [2.75, 3.05) is 44.2 Å². The maximum Gasteiger partial charge on any atom is 0.151 e. The van der Waals surface area contributed by atoms with E-state index in [0.29, 0.717) is 0 Å². The lowest BCUT2D eigenvalue weighted by Gasteiger charge is -2.35. The average molecular weight is 277 g/mol. The topological polar surface area (TPSA) is 44.3 Å². The van der Waals surface area contributed by atoms with Crippen LogP contribution >= 0.6 is 0 Å². The van der Waals surface area contributed by atoms with Gasteiger partial charge in [0.2, 0.25) is 0 Å². The third-order valence-corrected chi connectivity index (χ3v) is 3.58. The number of hydrogen-bond donors (Lipinski definition) is 1. The van der Waals surface area contributed by atoms with Gasteiger partial charge in [0.1, 0.15) is 0 Å². The van der Waals surface area contributed by atoms with Crippen LogP contribution in [0.15, 0.2) is 12.1 Å². The van der Waals surface area contributed by atoms with E-state index < -0.39 is 0 Å². The van der Waals surface area contributed by atoms with Crippen molar-refractivity contribution >= 4 is 5.82 Å². The first-order valence-electron chi connectivity index (χ1n) is 7.69. The highest BCUT2D eigenvalue weighted by atomic mass is 15.3. The van der Waals surface area contributed by atoms with Crippen molar-refractivity contribution in [2.45, 2.75) is 27.3 Å². The third-order valence-electron chi connectivity index (χ3n) is 3.58. The van der Waals surface area contributed by atoms with E-state index in [0.717, 1.165) is 56.7 Å². The van der Waals surface area contributed by atoms with E-state index in [1.807, 2.05) is 0 Å². The molecule has 1 aliphatic heterocycles. The minimum absolute atomic E-state index is 0.742. The highest BCUT2D eigenvalue weighted by Gasteiger charge is 2.18. The molecule has 0 saturated carbocycles. The lowest BCUT2D eigenvalue weighted by Crippen LogP contribution is -2.47. The van der Waals surface area contributed by atoms with E-state index in [1.165, 1.54) is 6.54 Å². The van der Waals surface area contributed by atoms with Crippen LogP contribution < -0.4 is 10.2 Å². The maximum atomic E-state index is 4.36. The van der Waals surface area contributed by atoms with Crippen molar-refractivity contribution in [2.24, 2.45) is 5.92 Å². The van der Waals surface area contributed by atoms with E-state index in [4.69, 9.17) is 0 Å². The van der Waals surface area contributed by atoms with Gasteiger partial charge in [0.15, 0.2) is 5.82 Å². The van der Waals surface area contributed by atoms with E-state index >= 15 is 0 Å². The Balaban J connectivity index is 1.84. The molecule has 0 aliphatic carbocycles. The Morgan fingerprint density at radius 1 is 1.15 bits per heavy atom. The molecular weight excluding hydrogens is 250 g/mol. The largest absolute Gasteiger partial charge is 0.353 e. The molecule has 0 aromatic carbocycles. The second-order valence-corrected chi connectivity index (χ2v) is 5.84. The first-order valence-corrected chi connectivity index (χ1v) is 7.69. The van der Waals surface area contributed by atoms with Crippen LogP contribution in [-0.4, -0.2) is 54.4 Å². The molecule has 0 spiro atoms. The van der Waals surface area contributed by atoms with E-state index in [2.05, 4.69) is 58.2 Å². The summed E-state index contributed by atoms with van der Waals surface area (Å²) >= 11 is 0. The van der Waals surface area contributed by atoms with Crippen LogP contribution in [0.3, 0.4) is 0 Å². The quantitative estimate of drug-likeness (QED) is 0.850. The fourth-order valence-corrected chi connectivity index (χ4v) is 2.54. The summed E-state index contributed by atoms with van der Waals surface area (Å²) < 4.78 is 0. The first-order chi connectivity index (χ1) is 9.69. The van der Waals surface area contributed by atoms with Crippen LogP contribution in [0.5, 0.6) is 0 Å². The van der Waals surface area contributed by atoms with Crippen LogP contribution in [0.1, 0.15) is 26.5 Å². The molecule has 0 radical (unpaired) electrons. The van der Waals surface area contributed by atoms with Gasteiger partial charge in [0, 0.05) is 39.3 Å². The Morgan fingerprint density at radius 3 is 2.45 bits per heavy atom. The van der Waals surface area contributed by atoms with Gasteiger partial charge in [-0.1, -0.05) is 20.8 Å². The normalized spacial score (nSPS) is 16.9. The fraction of sp³-hybridized carbons (Fsp3) is 0.733. The summed E-state index contributed by atoms with van der Waals surface area (Å²) in [6.45, 7) is 14.0. The smallest absolute Gasteiger partial charge is 0.151 e. The van der Waals surface area contributed by atoms with Crippen LogP contribution in [0, 0.1) is 5.92 Å². The van der Waals surface area contributed by atoms with Crippen LogP contribution in [-0.2, 0) is 6.54 Å². The summed E-state index contributed by atoms with van der Waals surface area (Å²) in [5.41, 5.74) is 1.01. The number of nitrogens with one attached hydrogen (secondary N) is 1. The van der Waals surface area contributed by atoms with E-state index in [1.54, 1.807) is 0 Å². The zero-order chi connectivity index (χ0) is 14.4. The van der Waals surface area contributed by atoms with E-state index in [9.17, 15) is 0 Å². The van der Waals surface area contributed by atoms with Crippen LogP contribution in [0.2, 0.25) is 0 Å². The molecule has 1 aromatic heterocycles. The molecule has 1 aliphatic rings. The number of hydrogen-bond acceptors (Lipinski definition) is 5. The minimum Gasteiger partial charge on any atom is -0.353 e. The molecule has 0 amide bonds. The van der Waals surface area contributed by atoms with Crippen molar-refractivity contribution in [1.29, 1.82) is 0 Å². The molecule has 0 bridgehead atoms. The van der Waals surface area contributed by atoms with Gasteiger partial charge in [0.25, 0.3) is 0 Å². The third kappa shape index (κ3) is 4.42. The number of anilines is 1. The van der Waals surface area contributed by atoms with Gasteiger partial charge < -0.3 is 10.2 Å². The molecule has 0 unspecified atom stereocenters. The standard InChI is InChI=1S/C15H27N5/c1-4-16-11-14-5-6-15(18-17-14)20-9-7-19(8-10-20)12-13(2)3/h5-6,13,16H,4,7-12H2,1-3H3. The summed E-state index contributed by atoms with van der Waals surface area (Å²) in [5, 5.41) is 11.9. The Labute approximate surface area is 122 Å². The molecule has 5 nitrogen and oxygen atoms in total.